The molecule has 3 aliphatic heterocycles. The van der Waals surface area contributed by atoms with Crippen molar-refractivity contribution in [2.45, 2.75) is 95.1 Å². The number of alkyl halides is 2. The van der Waals surface area contributed by atoms with Crippen LogP contribution in [0.25, 0.3) is 12.4 Å². The molecule has 1 saturated carbocycles. The van der Waals surface area contributed by atoms with Crippen LogP contribution in [0.2, 0.25) is 0 Å². The topological polar surface area (TPSA) is 93.9 Å². The van der Waals surface area contributed by atoms with Gasteiger partial charge in [0.05, 0.1) is 28.3 Å². The summed E-state index contributed by atoms with van der Waals surface area (Å²) < 4.78 is 49.2. The maximum Gasteiger partial charge on any atom is 0.278 e. The van der Waals surface area contributed by atoms with Gasteiger partial charge in [0.15, 0.2) is 0 Å². The van der Waals surface area contributed by atoms with Crippen molar-refractivity contribution in [3.8, 4) is 6.07 Å². The molecule has 6 bridgehead atoms. The molecule has 0 amide bonds. The Morgan fingerprint density at radius 3 is 2.40 bits per heavy atom. The number of aromatic nitrogens is 1. The van der Waals surface area contributed by atoms with Gasteiger partial charge in [0.25, 0.3) is 5.92 Å². The van der Waals surface area contributed by atoms with Crippen LogP contribution in [-0.2, 0) is 11.3 Å². The number of nitrogens with one attached hydrogen (secondary N) is 2. The molecule has 1 unspecified atom stereocenters. The second-order valence-corrected chi connectivity index (χ2v) is 12.6. The SMILES string of the molecule is C=c1c(C2(C#N)CC2)c/c2c(=N)n1C(C)CCCCCCN1CCC(CC1)C(F)(F)c1cccc(c1F)[C@@H](C)N/C=2N. The first-order valence-electron chi connectivity index (χ1n) is 15.4. The van der Waals surface area contributed by atoms with E-state index >= 15 is 13.2 Å². The van der Waals surface area contributed by atoms with Gasteiger partial charge in [0, 0.05) is 22.9 Å². The van der Waals surface area contributed by atoms with E-state index in [1.54, 1.807) is 13.0 Å². The van der Waals surface area contributed by atoms with E-state index < -0.39 is 34.7 Å². The van der Waals surface area contributed by atoms with Crippen LogP contribution in [-0.4, -0.2) is 29.1 Å². The Morgan fingerprint density at radius 1 is 1.05 bits per heavy atom. The van der Waals surface area contributed by atoms with E-state index in [9.17, 15) is 5.26 Å². The lowest BCUT2D eigenvalue weighted by molar-refractivity contribution is -0.0880. The van der Waals surface area contributed by atoms with Gasteiger partial charge >= 0.3 is 0 Å². The summed E-state index contributed by atoms with van der Waals surface area (Å²) in [7, 11) is 0. The van der Waals surface area contributed by atoms with Gasteiger partial charge in [-0.1, -0.05) is 44.0 Å². The smallest absolute Gasteiger partial charge is 0.278 e. The molecule has 2 fully saturated rings. The fraction of sp³-hybridized carbons (Fsp3) is 0.576. The molecule has 1 aliphatic carbocycles. The minimum Gasteiger partial charge on any atom is -0.385 e. The number of pyridine rings is 1. The first kappa shape index (κ1) is 30.2. The first-order chi connectivity index (χ1) is 20.0. The van der Waals surface area contributed by atoms with E-state index in [0.29, 0.717) is 49.3 Å². The number of rotatable bonds is 1. The lowest BCUT2D eigenvalue weighted by Crippen LogP contribution is -2.49. The van der Waals surface area contributed by atoms with Crippen LogP contribution < -0.4 is 27.1 Å². The zero-order valence-corrected chi connectivity index (χ0v) is 24.8. The number of halogens is 3. The number of nitriles is 1. The van der Waals surface area contributed by atoms with Gasteiger partial charge in [-0.15, -0.1) is 0 Å². The van der Waals surface area contributed by atoms with Crippen LogP contribution in [0.5, 0.6) is 0 Å². The van der Waals surface area contributed by atoms with Gasteiger partial charge in [0.1, 0.15) is 17.1 Å². The number of nitrogens with zero attached hydrogens (tertiary/aromatic N) is 3. The second kappa shape index (κ2) is 11.8. The van der Waals surface area contributed by atoms with Gasteiger partial charge in [0.2, 0.25) is 0 Å². The third kappa shape index (κ3) is 5.58. The summed E-state index contributed by atoms with van der Waals surface area (Å²) in [6.45, 7) is 10.1. The van der Waals surface area contributed by atoms with Gasteiger partial charge in [-0.05, 0) is 83.6 Å². The first-order valence-corrected chi connectivity index (χ1v) is 15.4. The van der Waals surface area contributed by atoms with Crippen LogP contribution >= 0.6 is 0 Å². The predicted octanol–water partition coefficient (Wildman–Crippen LogP) is 4.78. The Balaban J connectivity index is 1.60. The highest BCUT2D eigenvalue weighted by molar-refractivity contribution is 5.45. The molecule has 4 aliphatic rings. The van der Waals surface area contributed by atoms with Gasteiger partial charge in [-0.2, -0.15) is 5.26 Å². The van der Waals surface area contributed by atoms with Crippen molar-refractivity contribution in [3.63, 3.8) is 0 Å². The quantitative estimate of drug-likeness (QED) is 0.453. The zero-order valence-electron chi connectivity index (χ0n) is 24.8. The summed E-state index contributed by atoms with van der Waals surface area (Å²) in [6, 6.07) is 7.61. The van der Waals surface area contributed by atoms with Crippen LogP contribution in [0.1, 0.15) is 100 Å². The molecule has 2 aromatic rings. The van der Waals surface area contributed by atoms with E-state index in [0.717, 1.165) is 44.2 Å². The van der Waals surface area contributed by atoms with Gasteiger partial charge in [-0.3, -0.25) is 5.41 Å². The molecule has 1 aromatic carbocycles. The van der Waals surface area contributed by atoms with E-state index in [2.05, 4.69) is 29.8 Å². The molecule has 42 heavy (non-hydrogen) atoms. The lowest BCUT2D eigenvalue weighted by Gasteiger charge is -2.36. The molecule has 4 N–H and O–H groups in total. The molecule has 0 spiro atoms. The molecule has 4 heterocycles. The van der Waals surface area contributed by atoms with Crippen molar-refractivity contribution in [3.05, 3.63) is 62.8 Å². The van der Waals surface area contributed by atoms with Crippen molar-refractivity contribution in [2.75, 3.05) is 19.6 Å². The normalized spacial score (nSPS) is 29.0. The molecule has 2 atom stereocenters. The highest BCUT2D eigenvalue weighted by Crippen LogP contribution is 2.46. The van der Waals surface area contributed by atoms with Crippen molar-refractivity contribution < 1.29 is 13.2 Å². The highest BCUT2D eigenvalue weighted by atomic mass is 19.3. The van der Waals surface area contributed by atoms with Crippen LogP contribution in [0.15, 0.2) is 24.3 Å². The number of fused-ring (bicyclic) bond motifs is 10. The molecule has 6 rings (SSSR count). The standard InChI is InChI=1S/C33H43F3N6/c1-21-9-6-4-5-7-16-41-17-12-24(13-18-41)33(35,36)27-11-8-10-25(29(27)34)22(2)40-30(38)26-19-28(32(20-37)14-15-32)23(3)42(21)31(26)39/h8,10-11,19,21-22,24,39-40H,3-7,9,12-18,38H2,1-2H3/b30-26+,39-31?/t21?,22-/m1/s1. The van der Waals surface area contributed by atoms with E-state index in [1.807, 2.05) is 4.57 Å². The molecule has 9 heteroatoms. The number of hydrogen-bond acceptors (Lipinski definition) is 5. The molecule has 1 saturated heterocycles. The third-order valence-corrected chi connectivity index (χ3v) is 9.77. The van der Waals surface area contributed by atoms with Crippen molar-refractivity contribution in [1.29, 1.82) is 10.7 Å². The second-order valence-electron chi connectivity index (χ2n) is 12.6. The van der Waals surface area contributed by atoms with Crippen molar-refractivity contribution >= 4 is 12.4 Å². The molecular weight excluding hydrogens is 537 g/mol. The molecular formula is C33H43F3N6. The average Bonchev–Trinajstić information content (AvgIpc) is 3.75. The van der Waals surface area contributed by atoms with E-state index in [4.69, 9.17) is 11.1 Å². The highest BCUT2D eigenvalue weighted by Gasteiger charge is 2.46. The third-order valence-electron chi connectivity index (χ3n) is 9.77. The molecule has 1 aromatic heterocycles. The maximum atomic E-state index is 15.8. The van der Waals surface area contributed by atoms with Crippen LogP contribution in [0, 0.1) is 28.5 Å². The number of hydrogen-bond donors (Lipinski definition) is 3. The fourth-order valence-electron chi connectivity index (χ4n) is 6.89. The maximum absolute atomic E-state index is 15.8. The van der Waals surface area contributed by atoms with E-state index in [1.165, 1.54) is 18.2 Å². The van der Waals surface area contributed by atoms with Crippen molar-refractivity contribution in [2.24, 2.45) is 11.7 Å². The largest absolute Gasteiger partial charge is 0.385 e. The van der Waals surface area contributed by atoms with Crippen molar-refractivity contribution in [1.82, 2.24) is 14.8 Å². The van der Waals surface area contributed by atoms with Crippen LogP contribution in [0.4, 0.5) is 13.2 Å². The zero-order chi connectivity index (χ0) is 30.2. The number of piperidine rings is 1. The summed E-state index contributed by atoms with van der Waals surface area (Å²) in [5.74, 6) is -4.98. The average molecular weight is 581 g/mol. The molecule has 0 radical (unpaired) electrons. The Bertz CT molecular complexity index is 1530. The Hall–Kier alpha value is -3.25. The summed E-state index contributed by atoms with van der Waals surface area (Å²) >= 11 is 0. The Morgan fingerprint density at radius 2 is 1.74 bits per heavy atom. The molecule has 226 valence electrons. The molecule has 6 nitrogen and oxygen atoms in total. The predicted molar refractivity (Wildman–Crippen MR) is 158 cm³/mol. The minimum atomic E-state index is -3.29. The summed E-state index contributed by atoms with van der Waals surface area (Å²) in [6.07, 6.45) is 7.01. The lowest BCUT2D eigenvalue weighted by atomic mass is 9.85. The minimum absolute atomic E-state index is 0.0343. The number of nitrogens with two attached hydrogens (primary N) is 1. The Kier molecular flexibility index (Phi) is 8.48. The Labute approximate surface area is 246 Å². The summed E-state index contributed by atoms with van der Waals surface area (Å²) in [5.41, 5.74) is 6.35. The monoisotopic (exact) mass is 580 g/mol. The van der Waals surface area contributed by atoms with Crippen LogP contribution in [0.3, 0.4) is 0 Å². The van der Waals surface area contributed by atoms with Gasteiger partial charge < -0.3 is 20.5 Å². The van der Waals surface area contributed by atoms with E-state index in [-0.39, 0.29) is 22.9 Å². The summed E-state index contributed by atoms with van der Waals surface area (Å²) in [5, 5.41) is 23.2. The summed E-state index contributed by atoms with van der Waals surface area (Å²) in [4.78, 5) is 2.25. The number of benzene rings is 1. The fourth-order valence-corrected chi connectivity index (χ4v) is 6.89. The van der Waals surface area contributed by atoms with Gasteiger partial charge in [-0.25, -0.2) is 13.2 Å².